The topological polar surface area (TPSA) is 37.8 Å². The lowest BCUT2D eigenvalue weighted by atomic mass is 9.75. The fourth-order valence-electron chi connectivity index (χ4n) is 2.45. The molecule has 0 saturated heterocycles. The van der Waals surface area contributed by atoms with Gasteiger partial charge in [-0.05, 0) is 42.3 Å². The van der Waals surface area contributed by atoms with Crippen molar-refractivity contribution in [2.45, 2.75) is 45.6 Å². The number of hydrogen-bond donors (Lipinski definition) is 1. The SMILES string of the molecule is CC1(C)CCCC(Nc2ccnc(Cl)n2)C1. The standard InChI is InChI=1S/C12H18ClN3/c1-12(2)6-3-4-9(8-12)15-10-5-7-14-11(13)16-10/h5,7,9H,3-4,6,8H2,1-2H3,(H,14,15,16). The average molecular weight is 240 g/mol. The molecule has 1 aromatic rings. The van der Waals surface area contributed by atoms with Crippen molar-refractivity contribution in [3.63, 3.8) is 0 Å². The van der Waals surface area contributed by atoms with Gasteiger partial charge in [-0.15, -0.1) is 0 Å². The lowest BCUT2D eigenvalue weighted by Crippen LogP contribution is -2.32. The summed E-state index contributed by atoms with van der Waals surface area (Å²) in [5.74, 6) is 0.836. The molecule has 0 radical (unpaired) electrons. The molecule has 1 aromatic heterocycles. The van der Waals surface area contributed by atoms with Crippen LogP contribution >= 0.6 is 11.6 Å². The molecule has 2 rings (SSSR count). The van der Waals surface area contributed by atoms with Gasteiger partial charge < -0.3 is 5.32 Å². The molecule has 1 aliphatic carbocycles. The Bertz CT molecular complexity index is 365. The van der Waals surface area contributed by atoms with E-state index in [2.05, 4.69) is 29.1 Å². The van der Waals surface area contributed by atoms with Crippen LogP contribution in [0, 0.1) is 5.41 Å². The molecule has 1 atom stereocenters. The van der Waals surface area contributed by atoms with E-state index in [1.165, 1.54) is 25.7 Å². The van der Waals surface area contributed by atoms with E-state index in [9.17, 15) is 0 Å². The van der Waals surface area contributed by atoms with Crippen LogP contribution in [0.4, 0.5) is 5.82 Å². The lowest BCUT2D eigenvalue weighted by molar-refractivity contribution is 0.229. The Kier molecular flexibility index (Phi) is 3.33. The maximum atomic E-state index is 5.76. The third kappa shape index (κ3) is 3.08. The average Bonchev–Trinajstić information content (AvgIpc) is 2.15. The van der Waals surface area contributed by atoms with Crippen molar-refractivity contribution in [2.75, 3.05) is 5.32 Å². The fraction of sp³-hybridized carbons (Fsp3) is 0.667. The highest BCUT2D eigenvalue weighted by molar-refractivity contribution is 6.28. The summed E-state index contributed by atoms with van der Waals surface area (Å²) in [4.78, 5) is 8.03. The first-order valence-electron chi connectivity index (χ1n) is 5.80. The summed E-state index contributed by atoms with van der Waals surface area (Å²) in [5, 5.41) is 3.75. The van der Waals surface area contributed by atoms with Gasteiger partial charge in [-0.25, -0.2) is 9.97 Å². The third-order valence-electron chi connectivity index (χ3n) is 3.18. The quantitative estimate of drug-likeness (QED) is 0.803. The molecule has 1 unspecified atom stereocenters. The number of anilines is 1. The zero-order chi connectivity index (χ0) is 11.6. The maximum Gasteiger partial charge on any atom is 0.224 e. The summed E-state index contributed by atoms with van der Waals surface area (Å²) in [7, 11) is 0. The van der Waals surface area contributed by atoms with Gasteiger partial charge in [0.15, 0.2) is 0 Å². The van der Waals surface area contributed by atoms with Crippen molar-refractivity contribution in [2.24, 2.45) is 5.41 Å². The normalized spacial score (nSPS) is 24.1. The largest absolute Gasteiger partial charge is 0.367 e. The minimum atomic E-state index is 0.306. The van der Waals surface area contributed by atoms with Gasteiger partial charge in [0.1, 0.15) is 5.82 Å². The highest BCUT2D eigenvalue weighted by Gasteiger charge is 2.27. The molecule has 0 bridgehead atoms. The van der Waals surface area contributed by atoms with Crippen LogP contribution in [0.2, 0.25) is 5.28 Å². The van der Waals surface area contributed by atoms with Gasteiger partial charge in [0.2, 0.25) is 5.28 Å². The molecule has 1 fully saturated rings. The van der Waals surface area contributed by atoms with Crippen LogP contribution in [0.25, 0.3) is 0 Å². The maximum absolute atomic E-state index is 5.76. The van der Waals surface area contributed by atoms with E-state index in [1.54, 1.807) is 6.20 Å². The van der Waals surface area contributed by atoms with Gasteiger partial charge in [0.05, 0.1) is 0 Å². The third-order valence-corrected chi connectivity index (χ3v) is 3.37. The first kappa shape index (κ1) is 11.6. The van der Waals surface area contributed by atoms with Gasteiger partial charge in [-0.3, -0.25) is 0 Å². The smallest absolute Gasteiger partial charge is 0.224 e. The second-order valence-corrected chi connectivity index (χ2v) is 5.65. The van der Waals surface area contributed by atoms with E-state index in [0.29, 0.717) is 16.7 Å². The second kappa shape index (κ2) is 4.58. The molecule has 1 heterocycles. The molecule has 16 heavy (non-hydrogen) atoms. The van der Waals surface area contributed by atoms with Crippen LogP contribution < -0.4 is 5.32 Å². The molecule has 0 aromatic carbocycles. The van der Waals surface area contributed by atoms with Gasteiger partial charge in [-0.1, -0.05) is 20.3 Å². The molecule has 4 heteroatoms. The Morgan fingerprint density at radius 2 is 2.31 bits per heavy atom. The Morgan fingerprint density at radius 3 is 3.00 bits per heavy atom. The number of nitrogens with one attached hydrogen (secondary N) is 1. The van der Waals surface area contributed by atoms with Gasteiger partial charge in [-0.2, -0.15) is 0 Å². The summed E-state index contributed by atoms with van der Waals surface area (Å²) in [6, 6.07) is 2.38. The lowest BCUT2D eigenvalue weighted by Gasteiger charge is -2.35. The predicted octanol–water partition coefficient (Wildman–Crippen LogP) is 3.51. The summed E-state index contributed by atoms with van der Waals surface area (Å²) < 4.78 is 0. The van der Waals surface area contributed by atoms with Gasteiger partial charge in [0.25, 0.3) is 0 Å². The van der Waals surface area contributed by atoms with Crippen molar-refractivity contribution in [3.05, 3.63) is 17.5 Å². The Labute approximate surface area is 102 Å². The highest BCUT2D eigenvalue weighted by atomic mass is 35.5. The molecular formula is C12H18ClN3. The van der Waals surface area contributed by atoms with Crippen LogP contribution in [0.5, 0.6) is 0 Å². The van der Waals surface area contributed by atoms with E-state index >= 15 is 0 Å². The van der Waals surface area contributed by atoms with Crippen molar-refractivity contribution in [3.8, 4) is 0 Å². The minimum Gasteiger partial charge on any atom is -0.367 e. The first-order valence-corrected chi connectivity index (χ1v) is 6.18. The van der Waals surface area contributed by atoms with Crippen molar-refractivity contribution in [1.29, 1.82) is 0 Å². The Balaban J connectivity index is 1.99. The Morgan fingerprint density at radius 1 is 1.50 bits per heavy atom. The monoisotopic (exact) mass is 239 g/mol. The zero-order valence-electron chi connectivity index (χ0n) is 9.83. The van der Waals surface area contributed by atoms with E-state index in [4.69, 9.17) is 11.6 Å². The van der Waals surface area contributed by atoms with Gasteiger partial charge >= 0.3 is 0 Å². The summed E-state index contributed by atoms with van der Waals surface area (Å²) in [6.45, 7) is 4.65. The number of halogens is 1. The molecular weight excluding hydrogens is 222 g/mol. The highest BCUT2D eigenvalue weighted by Crippen LogP contribution is 2.36. The van der Waals surface area contributed by atoms with Crippen molar-refractivity contribution >= 4 is 17.4 Å². The van der Waals surface area contributed by atoms with Crippen molar-refractivity contribution < 1.29 is 0 Å². The minimum absolute atomic E-state index is 0.306. The van der Waals surface area contributed by atoms with E-state index in [1.807, 2.05) is 6.07 Å². The number of rotatable bonds is 2. The number of aromatic nitrogens is 2. The fourth-order valence-corrected chi connectivity index (χ4v) is 2.59. The second-order valence-electron chi connectivity index (χ2n) is 5.31. The van der Waals surface area contributed by atoms with E-state index in [0.717, 1.165) is 5.82 Å². The van der Waals surface area contributed by atoms with Crippen LogP contribution in [-0.4, -0.2) is 16.0 Å². The van der Waals surface area contributed by atoms with E-state index < -0.39 is 0 Å². The molecule has 3 nitrogen and oxygen atoms in total. The molecule has 0 aliphatic heterocycles. The first-order chi connectivity index (χ1) is 7.55. The number of nitrogens with zero attached hydrogens (tertiary/aromatic N) is 2. The summed E-state index contributed by atoms with van der Waals surface area (Å²) in [5.41, 5.74) is 0.437. The molecule has 0 amide bonds. The molecule has 0 spiro atoms. The summed E-state index contributed by atoms with van der Waals surface area (Å²) >= 11 is 5.76. The van der Waals surface area contributed by atoms with Crippen LogP contribution in [-0.2, 0) is 0 Å². The molecule has 1 N–H and O–H groups in total. The van der Waals surface area contributed by atoms with Crippen LogP contribution in [0.3, 0.4) is 0 Å². The van der Waals surface area contributed by atoms with Crippen LogP contribution in [0.15, 0.2) is 12.3 Å². The summed E-state index contributed by atoms with van der Waals surface area (Å²) in [6.07, 6.45) is 6.69. The van der Waals surface area contributed by atoms with Gasteiger partial charge in [0, 0.05) is 12.2 Å². The Hall–Kier alpha value is -0.830. The molecule has 88 valence electrons. The van der Waals surface area contributed by atoms with E-state index in [-0.39, 0.29) is 0 Å². The van der Waals surface area contributed by atoms with Crippen molar-refractivity contribution in [1.82, 2.24) is 9.97 Å². The number of hydrogen-bond acceptors (Lipinski definition) is 3. The molecule has 1 aliphatic rings. The zero-order valence-corrected chi connectivity index (χ0v) is 10.6. The molecule has 1 saturated carbocycles. The van der Waals surface area contributed by atoms with Crippen LogP contribution in [0.1, 0.15) is 39.5 Å². The predicted molar refractivity (Wildman–Crippen MR) is 66.7 cm³/mol.